The van der Waals surface area contributed by atoms with Gasteiger partial charge < -0.3 is 4.90 Å². The predicted molar refractivity (Wildman–Crippen MR) is 73.6 cm³/mol. The van der Waals surface area contributed by atoms with Crippen molar-refractivity contribution in [3.63, 3.8) is 0 Å². The largest absolute Gasteiger partial charge is 0.311 e. The van der Waals surface area contributed by atoms with Crippen LogP contribution in [0.3, 0.4) is 0 Å². The van der Waals surface area contributed by atoms with Crippen LogP contribution >= 0.6 is 0 Å². The Morgan fingerprint density at radius 2 is 1.83 bits per heavy atom. The summed E-state index contributed by atoms with van der Waals surface area (Å²) in [7, 11) is 0. The average molecular weight is 237 g/mol. The molecule has 2 heteroatoms. The molecule has 3 rings (SSSR count). The van der Waals surface area contributed by atoms with Crippen LogP contribution in [0.25, 0.3) is 11.1 Å². The Hall–Kier alpha value is -2.09. The molecule has 0 N–H and O–H groups in total. The lowest BCUT2D eigenvalue weighted by Gasteiger charge is -2.18. The lowest BCUT2D eigenvalue weighted by Crippen LogP contribution is -2.26. The molecule has 0 unspecified atom stereocenters. The van der Waals surface area contributed by atoms with E-state index in [9.17, 15) is 4.79 Å². The van der Waals surface area contributed by atoms with Crippen LogP contribution < -0.4 is 4.90 Å². The maximum absolute atomic E-state index is 12.0. The molecule has 0 saturated carbocycles. The van der Waals surface area contributed by atoms with Gasteiger partial charge in [0.1, 0.15) is 0 Å². The summed E-state index contributed by atoms with van der Waals surface area (Å²) in [4.78, 5) is 13.9. The molecule has 18 heavy (non-hydrogen) atoms. The van der Waals surface area contributed by atoms with Crippen molar-refractivity contribution in [2.45, 2.75) is 13.3 Å². The number of fused-ring (bicyclic) bond motifs is 1. The Morgan fingerprint density at radius 1 is 1.06 bits per heavy atom. The molecule has 0 bridgehead atoms. The number of hydrogen-bond acceptors (Lipinski definition) is 1. The first-order chi connectivity index (χ1) is 8.81. The number of carbonyl (C=O) groups is 1. The highest BCUT2D eigenvalue weighted by atomic mass is 16.2. The van der Waals surface area contributed by atoms with Gasteiger partial charge in [-0.15, -0.1) is 0 Å². The fourth-order valence-electron chi connectivity index (χ4n) is 2.62. The van der Waals surface area contributed by atoms with Gasteiger partial charge in [0.2, 0.25) is 5.91 Å². The normalized spacial score (nSPS) is 13.8. The first-order valence-corrected chi connectivity index (χ1v) is 6.29. The van der Waals surface area contributed by atoms with Gasteiger partial charge in [-0.1, -0.05) is 48.5 Å². The molecule has 0 aromatic heterocycles. The minimum atomic E-state index is 0.205. The SMILES string of the molecule is CCN1C(=O)Cc2cccc(-c3ccccc3)c21. The summed E-state index contributed by atoms with van der Waals surface area (Å²) in [5.41, 5.74) is 4.56. The van der Waals surface area contributed by atoms with Crippen molar-refractivity contribution in [3.8, 4) is 11.1 Å². The van der Waals surface area contributed by atoms with E-state index >= 15 is 0 Å². The van der Waals surface area contributed by atoms with E-state index in [0.29, 0.717) is 6.42 Å². The van der Waals surface area contributed by atoms with Crippen molar-refractivity contribution < 1.29 is 4.79 Å². The number of rotatable bonds is 2. The molecule has 1 heterocycles. The number of carbonyl (C=O) groups excluding carboxylic acids is 1. The topological polar surface area (TPSA) is 20.3 Å². The van der Waals surface area contributed by atoms with Gasteiger partial charge in [-0.05, 0) is 18.1 Å². The third-order valence-electron chi connectivity index (χ3n) is 3.43. The van der Waals surface area contributed by atoms with Crippen molar-refractivity contribution in [2.24, 2.45) is 0 Å². The number of para-hydroxylation sites is 1. The second kappa shape index (κ2) is 4.30. The minimum absolute atomic E-state index is 0.205. The van der Waals surface area contributed by atoms with E-state index in [2.05, 4.69) is 24.3 Å². The summed E-state index contributed by atoms with van der Waals surface area (Å²) >= 11 is 0. The fraction of sp³-hybridized carbons (Fsp3) is 0.188. The number of likely N-dealkylation sites (N-methyl/N-ethyl adjacent to an activating group) is 1. The number of benzene rings is 2. The van der Waals surface area contributed by atoms with Crippen molar-refractivity contribution >= 4 is 11.6 Å². The van der Waals surface area contributed by atoms with Crippen LogP contribution in [-0.2, 0) is 11.2 Å². The molecule has 2 aromatic rings. The molecule has 0 fully saturated rings. The molecule has 0 atom stereocenters. The predicted octanol–water partition coefficient (Wildman–Crippen LogP) is 3.26. The Balaban J connectivity index is 2.19. The standard InChI is InChI=1S/C16H15NO/c1-2-17-15(18)11-13-9-6-10-14(16(13)17)12-7-4-3-5-8-12/h3-10H,2,11H2,1H3. The van der Waals surface area contributed by atoms with Gasteiger partial charge in [0.25, 0.3) is 0 Å². The zero-order valence-corrected chi connectivity index (χ0v) is 10.4. The van der Waals surface area contributed by atoms with E-state index in [1.165, 1.54) is 5.56 Å². The summed E-state index contributed by atoms with van der Waals surface area (Å²) in [6, 6.07) is 16.4. The van der Waals surface area contributed by atoms with Gasteiger partial charge in [0, 0.05) is 12.1 Å². The molecular formula is C16H15NO. The summed E-state index contributed by atoms with van der Waals surface area (Å²) in [6.45, 7) is 2.75. The lowest BCUT2D eigenvalue weighted by atomic mass is 10.0. The van der Waals surface area contributed by atoms with Gasteiger partial charge >= 0.3 is 0 Å². The first-order valence-electron chi connectivity index (χ1n) is 6.29. The van der Waals surface area contributed by atoms with Crippen LogP contribution in [0.1, 0.15) is 12.5 Å². The first kappa shape index (κ1) is 11.0. The second-order valence-electron chi connectivity index (χ2n) is 4.49. The van der Waals surface area contributed by atoms with Crippen molar-refractivity contribution in [1.82, 2.24) is 0 Å². The number of hydrogen-bond donors (Lipinski definition) is 0. The van der Waals surface area contributed by atoms with Crippen molar-refractivity contribution in [1.29, 1.82) is 0 Å². The van der Waals surface area contributed by atoms with Gasteiger partial charge in [-0.2, -0.15) is 0 Å². The Bertz CT molecular complexity index is 589. The lowest BCUT2D eigenvalue weighted by molar-refractivity contribution is -0.117. The zero-order chi connectivity index (χ0) is 12.5. The Morgan fingerprint density at radius 3 is 2.56 bits per heavy atom. The van der Waals surface area contributed by atoms with E-state index < -0.39 is 0 Å². The highest BCUT2D eigenvalue weighted by Crippen LogP contribution is 2.38. The summed E-state index contributed by atoms with van der Waals surface area (Å²) < 4.78 is 0. The Kier molecular flexibility index (Phi) is 2.63. The monoisotopic (exact) mass is 237 g/mol. The van der Waals surface area contributed by atoms with E-state index in [0.717, 1.165) is 23.4 Å². The Labute approximate surface area is 107 Å². The number of nitrogens with zero attached hydrogens (tertiary/aromatic N) is 1. The molecule has 0 saturated heterocycles. The molecule has 2 nitrogen and oxygen atoms in total. The molecule has 2 aromatic carbocycles. The molecular weight excluding hydrogens is 222 g/mol. The van der Waals surface area contributed by atoms with E-state index in [1.807, 2.05) is 36.1 Å². The summed E-state index contributed by atoms with van der Waals surface area (Å²) in [5, 5.41) is 0. The minimum Gasteiger partial charge on any atom is -0.311 e. The highest BCUT2D eigenvalue weighted by Gasteiger charge is 2.28. The third kappa shape index (κ3) is 1.61. The molecule has 1 aliphatic rings. The highest BCUT2D eigenvalue weighted by molar-refractivity contribution is 6.05. The quantitative estimate of drug-likeness (QED) is 0.785. The fourth-order valence-corrected chi connectivity index (χ4v) is 2.62. The number of anilines is 1. The summed E-state index contributed by atoms with van der Waals surface area (Å²) in [6.07, 6.45) is 0.532. The van der Waals surface area contributed by atoms with Crippen molar-refractivity contribution in [2.75, 3.05) is 11.4 Å². The summed E-state index contributed by atoms with van der Waals surface area (Å²) in [5.74, 6) is 0.205. The van der Waals surface area contributed by atoms with Crippen LogP contribution in [0, 0.1) is 0 Å². The van der Waals surface area contributed by atoms with Gasteiger partial charge in [-0.25, -0.2) is 0 Å². The van der Waals surface area contributed by atoms with Gasteiger partial charge in [-0.3, -0.25) is 4.79 Å². The molecule has 0 aliphatic carbocycles. The van der Waals surface area contributed by atoms with E-state index in [1.54, 1.807) is 0 Å². The molecule has 1 amide bonds. The van der Waals surface area contributed by atoms with Crippen LogP contribution in [0.4, 0.5) is 5.69 Å². The molecule has 90 valence electrons. The van der Waals surface area contributed by atoms with E-state index in [-0.39, 0.29) is 5.91 Å². The third-order valence-corrected chi connectivity index (χ3v) is 3.43. The maximum Gasteiger partial charge on any atom is 0.231 e. The molecule has 1 aliphatic heterocycles. The van der Waals surface area contributed by atoms with Gasteiger partial charge in [0.05, 0.1) is 12.1 Å². The second-order valence-corrected chi connectivity index (χ2v) is 4.49. The number of amides is 1. The van der Waals surface area contributed by atoms with Crippen molar-refractivity contribution in [3.05, 3.63) is 54.1 Å². The van der Waals surface area contributed by atoms with Crippen LogP contribution in [0.5, 0.6) is 0 Å². The average Bonchev–Trinajstić information content (AvgIpc) is 2.74. The van der Waals surface area contributed by atoms with Crippen LogP contribution in [-0.4, -0.2) is 12.5 Å². The van der Waals surface area contributed by atoms with E-state index in [4.69, 9.17) is 0 Å². The van der Waals surface area contributed by atoms with Gasteiger partial charge in [0.15, 0.2) is 0 Å². The van der Waals surface area contributed by atoms with Crippen LogP contribution in [0.2, 0.25) is 0 Å². The molecule has 0 radical (unpaired) electrons. The van der Waals surface area contributed by atoms with Crippen LogP contribution in [0.15, 0.2) is 48.5 Å². The zero-order valence-electron chi connectivity index (χ0n) is 10.4. The molecule has 0 spiro atoms. The maximum atomic E-state index is 12.0. The smallest absolute Gasteiger partial charge is 0.231 e.